The van der Waals surface area contributed by atoms with Gasteiger partial charge in [0, 0.05) is 5.56 Å². The molecular formula is C14H14O3. The number of phenolic OH excluding ortho intramolecular Hbond substituents is 3. The highest BCUT2D eigenvalue weighted by atomic mass is 16.3. The van der Waals surface area contributed by atoms with Crippen molar-refractivity contribution in [2.75, 3.05) is 0 Å². The molecule has 0 fully saturated rings. The molecule has 0 aromatic heterocycles. The summed E-state index contributed by atoms with van der Waals surface area (Å²) in [6.45, 7) is 3.58. The lowest BCUT2D eigenvalue weighted by Crippen LogP contribution is -1.88. The molecular weight excluding hydrogens is 216 g/mol. The highest BCUT2D eigenvalue weighted by Gasteiger charge is 2.14. The molecule has 0 spiro atoms. The molecule has 0 aliphatic rings. The van der Waals surface area contributed by atoms with Crippen LogP contribution in [-0.4, -0.2) is 15.3 Å². The Labute approximate surface area is 99.6 Å². The minimum absolute atomic E-state index is 0.117. The summed E-state index contributed by atoms with van der Waals surface area (Å²) in [5, 5.41) is 29.1. The monoisotopic (exact) mass is 230 g/mol. The largest absolute Gasteiger partial charge is 0.508 e. The van der Waals surface area contributed by atoms with Crippen LogP contribution < -0.4 is 0 Å². The molecule has 0 unspecified atom stereocenters. The molecule has 3 nitrogen and oxygen atoms in total. The van der Waals surface area contributed by atoms with Crippen molar-refractivity contribution in [3.8, 4) is 28.4 Å². The Morgan fingerprint density at radius 2 is 1.53 bits per heavy atom. The van der Waals surface area contributed by atoms with Crippen molar-refractivity contribution in [1.29, 1.82) is 0 Å². The maximum absolute atomic E-state index is 9.97. The number of hydrogen-bond donors (Lipinski definition) is 3. The summed E-state index contributed by atoms with van der Waals surface area (Å²) in [6, 6.07) is 8.38. The fourth-order valence-electron chi connectivity index (χ4n) is 1.98. The number of hydrogen-bond acceptors (Lipinski definition) is 3. The summed E-state index contributed by atoms with van der Waals surface area (Å²) in [7, 11) is 0. The van der Waals surface area contributed by atoms with E-state index in [1.165, 1.54) is 0 Å². The van der Waals surface area contributed by atoms with E-state index in [1.807, 2.05) is 6.92 Å². The summed E-state index contributed by atoms with van der Waals surface area (Å²) in [5.74, 6) is -0.136. The van der Waals surface area contributed by atoms with E-state index in [2.05, 4.69) is 0 Å². The molecule has 88 valence electrons. The van der Waals surface area contributed by atoms with Crippen LogP contribution in [0.3, 0.4) is 0 Å². The van der Waals surface area contributed by atoms with Crippen molar-refractivity contribution in [1.82, 2.24) is 0 Å². The maximum atomic E-state index is 9.97. The molecule has 3 N–H and O–H groups in total. The molecule has 0 saturated heterocycles. The van der Waals surface area contributed by atoms with Gasteiger partial charge in [-0.3, -0.25) is 0 Å². The molecule has 0 radical (unpaired) electrons. The first kappa shape index (κ1) is 11.3. The molecule has 17 heavy (non-hydrogen) atoms. The lowest BCUT2D eigenvalue weighted by molar-refractivity contribution is 0.402. The summed E-state index contributed by atoms with van der Waals surface area (Å²) in [4.78, 5) is 0. The Hall–Kier alpha value is -2.16. The minimum Gasteiger partial charge on any atom is -0.508 e. The first-order chi connectivity index (χ1) is 8.00. The van der Waals surface area contributed by atoms with Crippen molar-refractivity contribution in [3.63, 3.8) is 0 Å². The lowest BCUT2D eigenvalue weighted by atomic mass is 9.96. The fraction of sp³-hybridized carbons (Fsp3) is 0.143. The van der Waals surface area contributed by atoms with Crippen molar-refractivity contribution in [2.45, 2.75) is 13.8 Å². The molecule has 2 aromatic rings. The van der Waals surface area contributed by atoms with E-state index in [1.54, 1.807) is 37.3 Å². The second-order valence-electron chi connectivity index (χ2n) is 4.13. The Bertz CT molecular complexity index is 574. The third-order valence-electron chi connectivity index (χ3n) is 2.80. The summed E-state index contributed by atoms with van der Waals surface area (Å²) >= 11 is 0. The van der Waals surface area contributed by atoms with E-state index in [0.717, 1.165) is 5.56 Å². The van der Waals surface area contributed by atoms with Gasteiger partial charge < -0.3 is 15.3 Å². The molecule has 2 aromatic carbocycles. The van der Waals surface area contributed by atoms with Gasteiger partial charge in [-0.25, -0.2) is 0 Å². The zero-order valence-corrected chi connectivity index (χ0v) is 9.73. The van der Waals surface area contributed by atoms with Gasteiger partial charge in [-0.15, -0.1) is 0 Å². The first-order valence-electron chi connectivity index (χ1n) is 5.32. The Morgan fingerprint density at radius 3 is 2.18 bits per heavy atom. The van der Waals surface area contributed by atoms with Crippen LogP contribution in [0.15, 0.2) is 30.3 Å². The third-order valence-corrected chi connectivity index (χ3v) is 2.80. The van der Waals surface area contributed by atoms with Gasteiger partial charge >= 0.3 is 0 Å². The fourth-order valence-corrected chi connectivity index (χ4v) is 1.98. The molecule has 0 amide bonds. The van der Waals surface area contributed by atoms with Crippen molar-refractivity contribution in [3.05, 3.63) is 41.5 Å². The molecule has 0 bridgehead atoms. The average molecular weight is 230 g/mol. The number of benzene rings is 2. The Kier molecular flexibility index (Phi) is 2.68. The summed E-state index contributed by atoms with van der Waals surface area (Å²) in [6.07, 6.45) is 0. The average Bonchev–Trinajstić information content (AvgIpc) is 2.26. The topological polar surface area (TPSA) is 60.7 Å². The molecule has 0 atom stereocenters. The van der Waals surface area contributed by atoms with Crippen molar-refractivity contribution >= 4 is 0 Å². The molecule has 2 rings (SSSR count). The first-order valence-corrected chi connectivity index (χ1v) is 5.32. The Balaban J connectivity index is 2.72. The van der Waals surface area contributed by atoms with Gasteiger partial charge in [-0.05, 0) is 42.7 Å². The number of rotatable bonds is 1. The van der Waals surface area contributed by atoms with E-state index >= 15 is 0 Å². The van der Waals surface area contributed by atoms with Crippen LogP contribution >= 0.6 is 0 Å². The number of aryl methyl sites for hydroxylation is 2. The van der Waals surface area contributed by atoms with Gasteiger partial charge in [-0.1, -0.05) is 18.2 Å². The summed E-state index contributed by atoms with van der Waals surface area (Å²) in [5.41, 5.74) is 2.70. The van der Waals surface area contributed by atoms with Gasteiger partial charge in [0.1, 0.15) is 5.75 Å². The minimum atomic E-state index is -0.145. The highest BCUT2D eigenvalue weighted by molar-refractivity contribution is 5.78. The van der Waals surface area contributed by atoms with Crippen LogP contribution in [0.1, 0.15) is 11.1 Å². The molecule has 3 heteroatoms. The van der Waals surface area contributed by atoms with Crippen LogP contribution in [0, 0.1) is 13.8 Å². The standard InChI is InChI=1S/C14H14O3/c1-8-6-9(2)13(16)14(17)12(8)10-4-3-5-11(15)7-10/h3-7,15-17H,1-2H3. The molecule has 0 heterocycles. The van der Waals surface area contributed by atoms with Gasteiger partial charge in [0.25, 0.3) is 0 Å². The third kappa shape index (κ3) is 1.91. The van der Waals surface area contributed by atoms with E-state index in [4.69, 9.17) is 0 Å². The van der Waals surface area contributed by atoms with Crippen LogP contribution in [0.5, 0.6) is 17.2 Å². The maximum Gasteiger partial charge on any atom is 0.165 e. The van der Waals surface area contributed by atoms with Crippen LogP contribution in [0.4, 0.5) is 0 Å². The van der Waals surface area contributed by atoms with Crippen LogP contribution in [0.25, 0.3) is 11.1 Å². The van der Waals surface area contributed by atoms with Crippen LogP contribution in [0.2, 0.25) is 0 Å². The second-order valence-corrected chi connectivity index (χ2v) is 4.13. The quantitative estimate of drug-likeness (QED) is 0.660. The van der Waals surface area contributed by atoms with Gasteiger partial charge in [0.2, 0.25) is 0 Å². The highest BCUT2D eigenvalue weighted by Crippen LogP contribution is 2.41. The number of aromatic hydroxyl groups is 3. The van der Waals surface area contributed by atoms with E-state index in [9.17, 15) is 15.3 Å². The van der Waals surface area contributed by atoms with E-state index < -0.39 is 0 Å². The lowest BCUT2D eigenvalue weighted by Gasteiger charge is -2.12. The number of phenols is 3. The molecule has 0 aliphatic carbocycles. The van der Waals surface area contributed by atoms with Crippen LogP contribution in [-0.2, 0) is 0 Å². The zero-order valence-electron chi connectivity index (χ0n) is 9.73. The summed E-state index contributed by atoms with van der Waals surface area (Å²) < 4.78 is 0. The second kappa shape index (κ2) is 4.01. The van der Waals surface area contributed by atoms with Gasteiger partial charge in [0.05, 0.1) is 0 Å². The van der Waals surface area contributed by atoms with Crippen molar-refractivity contribution < 1.29 is 15.3 Å². The molecule has 0 saturated carbocycles. The molecule has 0 aliphatic heterocycles. The Morgan fingerprint density at radius 1 is 0.824 bits per heavy atom. The van der Waals surface area contributed by atoms with Crippen molar-refractivity contribution in [2.24, 2.45) is 0 Å². The predicted molar refractivity (Wildman–Crippen MR) is 66.3 cm³/mol. The van der Waals surface area contributed by atoms with Gasteiger partial charge in [-0.2, -0.15) is 0 Å². The van der Waals surface area contributed by atoms with E-state index in [-0.39, 0.29) is 17.2 Å². The predicted octanol–water partition coefficient (Wildman–Crippen LogP) is 3.09. The normalized spacial score (nSPS) is 10.5. The smallest absolute Gasteiger partial charge is 0.165 e. The van der Waals surface area contributed by atoms with E-state index in [0.29, 0.717) is 16.7 Å². The zero-order chi connectivity index (χ0) is 12.6. The SMILES string of the molecule is Cc1cc(C)c(-c2cccc(O)c2)c(O)c1O. The van der Waals surface area contributed by atoms with Gasteiger partial charge in [0.15, 0.2) is 11.5 Å².